The van der Waals surface area contributed by atoms with E-state index in [1.165, 1.54) is 5.56 Å². The molecule has 4 rings (SSSR count). The van der Waals surface area contributed by atoms with E-state index in [0.717, 1.165) is 43.6 Å². The molecule has 29 heavy (non-hydrogen) atoms. The molecule has 0 radical (unpaired) electrons. The third-order valence-corrected chi connectivity index (χ3v) is 6.07. The van der Waals surface area contributed by atoms with Crippen molar-refractivity contribution in [3.05, 3.63) is 71.9 Å². The number of aromatic nitrogens is 2. The normalized spacial score (nSPS) is 20.7. The van der Waals surface area contributed by atoms with Crippen molar-refractivity contribution in [1.29, 1.82) is 0 Å². The molecule has 1 aromatic heterocycles. The molecule has 152 valence electrons. The molecule has 3 aromatic rings. The van der Waals surface area contributed by atoms with Gasteiger partial charge in [-0.25, -0.2) is 4.39 Å². The first kappa shape index (κ1) is 19.8. The van der Waals surface area contributed by atoms with Gasteiger partial charge in [-0.3, -0.25) is 0 Å². The Morgan fingerprint density at radius 3 is 2.34 bits per heavy atom. The SMILES string of the molecule is CN(C)C(c1ccc(F)cc1)C1CCC(Cc2nc(-c3ccccc3)no2)CC1. The highest BCUT2D eigenvalue weighted by molar-refractivity contribution is 5.53. The standard InChI is InChI=1S/C24H28FN3O/c1-28(2)23(19-12-14-21(25)15-13-19)18-10-8-17(9-11-18)16-22-26-24(27-29-22)20-6-4-3-5-7-20/h3-7,12-15,17-18,23H,8-11,16H2,1-2H3. The second-order valence-corrected chi connectivity index (χ2v) is 8.32. The first-order valence-corrected chi connectivity index (χ1v) is 10.4. The molecule has 0 spiro atoms. The maximum absolute atomic E-state index is 13.3. The van der Waals surface area contributed by atoms with Gasteiger partial charge < -0.3 is 9.42 Å². The number of hydrogen-bond acceptors (Lipinski definition) is 4. The van der Waals surface area contributed by atoms with E-state index in [4.69, 9.17) is 4.52 Å². The Morgan fingerprint density at radius 2 is 1.69 bits per heavy atom. The van der Waals surface area contributed by atoms with Crippen LogP contribution in [0.3, 0.4) is 0 Å². The Hall–Kier alpha value is -2.53. The minimum atomic E-state index is -0.176. The summed E-state index contributed by atoms with van der Waals surface area (Å²) in [4.78, 5) is 6.86. The molecule has 1 atom stereocenters. The lowest BCUT2D eigenvalue weighted by molar-refractivity contribution is 0.146. The van der Waals surface area contributed by atoms with Crippen LogP contribution in [0, 0.1) is 17.7 Å². The highest BCUT2D eigenvalue weighted by atomic mass is 19.1. The average Bonchev–Trinajstić information content (AvgIpc) is 3.20. The van der Waals surface area contributed by atoms with Crippen LogP contribution in [0.25, 0.3) is 11.4 Å². The van der Waals surface area contributed by atoms with Gasteiger partial charge in [0.05, 0.1) is 0 Å². The zero-order valence-electron chi connectivity index (χ0n) is 17.1. The fourth-order valence-electron chi connectivity index (χ4n) is 4.65. The van der Waals surface area contributed by atoms with E-state index in [9.17, 15) is 4.39 Å². The Balaban J connectivity index is 1.36. The number of rotatable bonds is 6. The van der Waals surface area contributed by atoms with Crippen molar-refractivity contribution in [1.82, 2.24) is 15.0 Å². The third kappa shape index (κ3) is 4.73. The van der Waals surface area contributed by atoms with Crippen LogP contribution in [0.15, 0.2) is 59.1 Å². The molecule has 5 heteroatoms. The fraction of sp³-hybridized carbons (Fsp3) is 0.417. The Bertz CT molecular complexity index is 899. The number of benzene rings is 2. The molecule has 0 aliphatic heterocycles. The average molecular weight is 394 g/mol. The number of nitrogens with zero attached hydrogens (tertiary/aromatic N) is 3. The summed E-state index contributed by atoms with van der Waals surface area (Å²) in [6.07, 6.45) is 5.46. The number of hydrogen-bond donors (Lipinski definition) is 0. The van der Waals surface area contributed by atoms with Crippen molar-refractivity contribution in [2.45, 2.75) is 38.1 Å². The van der Waals surface area contributed by atoms with Gasteiger partial charge in [-0.15, -0.1) is 0 Å². The predicted octanol–water partition coefficient (Wildman–Crippen LogP) is 5.53. The topological polar surface area (TPSA) is 42.2 Å². The lowest BCUT2D eigenvalue weighted by atomic mass is 9.75. The van der Waals surface area contributed by atoms with Crippen LogP contribution in [-0.2, 0) is 6.42 Å². The summed E-state index contributed by atoms with van der Waals surface area (Å²) >= 11 is 0. The fourth-order valence-corrected chi connectivity index (χ4v) is 4.65. The zero-order valence-corrected chi connectivity index (χ0v) is 17.1. The Kier molecular flexibility index (Phi) is 6.05. The largest absolute Gasteiger partial charge is 0.339 e. The van der Waals surface area contributed by atoms with E-state index in [2.05, 4.69) is 29.1 Å². The van der Waals surface area contributed by atoms with Gasteiger partial charge in [-0.1, -0.05) is 47.6 Å². The van der Waals surface area contributed by atoms with Crippen LogP contribution in [0.1, 0.15) is 43.2 Å². The molecule has 1 heterocycles. The predicted molar refractivity (Wildman–Crippen MR) is 112 cm³/mol. The molecule has 1 unspecified atom stereocenters. The monoisotopic (exact) mass is 393 g/mol. The number of halogens is 1. The molecule has 0 saturated heterocycles. The van der Waals surface area contributed by atoms with Crippen LogP contribution >= 0.6 is 0 Å². The molecule has 1 saturated carbocycles. The van der Waals surface area contributed by atoms with Gasteiger partial charge in [0.25, 0.3) is 0 Å². The van der Waals surface area contributed by atoms with E-state index in [1.807, 2.05) is 42.5 Å². The van der Waals surface area contributed by atoms with Crippen LogP contribution in [0.4, 0.5) is 4.39 Å². The van der Waals surface area contributed by atoms with Gasteiger partial charge in [0, 0.05) is 18.0 Å². The molecule has 4 nitrogen and oxygen atoms in total. The molecular formula is C24H28FN3O. The van der Waals surface area contributed by atoms with E-state index in [0.29, 0.717) is 23.7 Å². The lowest BCUT2D eigenvalue weighted by Crippen LogP contribution is -2.30. The summed E-state index contributed by atoms with van der Waals surface area (Å²) < 4.78 is 18.8. The van der Waals surface area contributed by atoms with E-state index < -0.39 is 0 Å². The molecule has 0 amide bonds. The minimum absolute atomic E-state index is 0.176. The van der Waals surface area contributed by atoms with Crippen LogP contribution < -0.4 is 0 Å². The van der Waals surface area contributed by atoms with Crippen molar-refractivity contribution in [2.75, 3.05) is 14.1 Å². The van der Waals surface area contributed by atoms with Crippen molar-refractivity contribution in [3.63, 3.8) is 0 Å². The smallest absolute Gasteiger partial charge is 0.227 e. The Morgan fingerprint density at radius 1 is 1.00 bits per heavy atom. The molecule has 1 aliphatic rings. The second kappa shape index (κ2) is 8.87. The van der Waals surface area contributed by atoms with Crippen molar-refractivity contribution in [3.8, 4) is 11.4 Å². The van der Waals surface area contributed by atoms with E-state index in [1.54, 1.807) is 12.1 Å². The molecule has 1 fully saturated rings. The molecular weight excluding hydrogens is 365 g/mol. The molecule has 2 aromatic carbocycles. The van der Waals surface area contributed by atoms with Crippen LogP contribution in [0.2, 0.25) is 0 Å². The summed E-state index contributed by atoms with van der Waals surface area (Å²) in [5.41, 5.74) is 2.18. The Labute approximate surface area is 171 Å². The maximum Gasteiger partial charge on any atom is 0.227 e. The van der Waals surface area contributed by atoms with Crippen molar-refractivity contribution >= 4 is 0 Å². The van der Waals surface area contributed by atoms with Crippen LogP contribution in [0.5, 0.6) is 0 Å². The van der Waals surface area contributed by atoms with Gasteiger partial charge in [0.15, 0.2) is 0 Å². The highest BCUT2D eigenvalue weighted by Crippen LogP contribution is 2.40. The van der Waals surface area contributed by atoms with Crippen LogP contribution in [-0.4, -0.2) is 29.1 Å². The van der Waals surface area contributed by atoms with Gasteiger partial charge in [0.2, 0.25) is 11.7 Å². The first-order chi connectivity index (χ1) is 14.1. The zero-order chi connectivity index (χ0) is 20.2. The quantitative estimate of drug-likeness (QED) is 0.552. The van der Waals surface area contributed by atoms with E-state index >= 15 is 0 Å². The summed E-state index contributed by atoms with van der Waals surface area (Å²) in [6, 6.07) is 17.2. The van der Waals surface area contributed by atoms with Gasteiger partial charge in [-0.2, -0.15) is 4.98 Å². The highest BCUT2D eigenvalue weighted by Gasteiger charge is 2.30. The first-order valence-electron chi connectivity index (χ1n) is 10.4. The molecule has 0 N–H and O–H groups in total. The molecule has 0 bridgehead atoms. The molecule has 1 aliphatic carbocycles. The summed E-state index contributed by atoms with van der Waals surface area (Å²) in [6.45, 7) is 0. The van der Waals surface area contributed by atoms with Gasteiger partial charge >= 0.3 is 0 Å². The third-order valence-electron chi connectivity index (χ3n) is 6.07. The minimum Gasteiger partial charge on any atom is -0.339 e. The van der Waals surface area contributed by atoms with Crippen molar-refractivity contribution in [2.24, 2.45) is 11.8 Å². The van der Waals surface area contributed by atoms with Gasteiger partial charge in [-0.05, 0) is 69.3 Å². The summed E-state index contributed by atoms with van der Waals surface area (Å²) in [5.74, 6) is 2.37. The maximum atomic E-state index is 13.3. The summed E-state index contributed by atoms with van der Waals surface area (Å²) in [5, 5.41) is 4.14. The van der Waals surface area contributed by atoms with Crippen molar-refractivity contribution < 1.29 is 8.91 Å². The second-order valence-electron chi connectivity index (χ2n) is 8.32. The lowest BCUT2D eigenvalue weighted by Gasteiger charge is -2.37. The summed E-state index contributed by atoms with van der Waals surface area (Å²) in [7, 11) is 4.23. The van der Waals surface area contributed by atoms with Gasteiger partial charge in [0.1, 0.15) is 5.82 Å². The van der Waals surface area contributed by atoms with E-state index in [-0.39, 0.29) is 5.82 Å².